The summed E-state index contributed by atoms with van der Waals surface area (Å²) in [6, 6.07) is 0.179. The van der Waals surface area contributed by atoms with Gasteiger partial charge in [-0.2, -0.15) is 0 Å². The quantitative estimate of drug-likeness (QED) is 0.435. The highest BCUT2D eigenvalue weighted by Crippen LogP contribution is 2.11. The highest BCUT2D eigenvalue weighted by atomic mass is 16.5. The first kappa shape index (κ1) is 9.19. The van der Waals surface area contributed by atoms with Crippen molar-refractivity contribution in [2.24, 2.45) is 5.92 Å². The van der Waals surface area contributed by atoms with Crippen LogP contribution in [0.2, 0.25) is 0 Å². The van der Waals surface area contributed by atoms with E-state index in [1.807, 2.05) is 6.92 Å². The monoisotopic (exact) mass is 171 g/mol. The SMILES string of the molecule is COC(=O)C1CNC(C)CC1=O. The summed E-state index contributed by atoms with van der Waals surface area (Å²) in [5, 5.41) is 3.06. The summed E-state index contributed by atoms with van der Waals surface area (Å²) in [6.07, 6.45) is 0.416. The first-order chi connectivity index (χ1) is 5.65. The van der Waals surface area contributed by atoms with Gasteiger partial charge in [-0.1, -0.05) is 0 Å². The minimum Gasteiger partial charge on any atom is -0.468 e. The molecule has 0 radical (unpaired) electrons. The number of piperidine rings is 1. The molecule has 12 heavy (non-hydrogen) atoms. The van der Waals surface area contributed by atoms with Crippen LogP contribution in [0.5, 0.6) is 0 Å². The van der Waals surface area contributed by atoms with Gasteiger partial charge in [-0.25, -0.2) is 0 Å². The number of rotatable bonds is 1. The Bertz CT molecular complexity index is 202. The molecule has 4 nitrogen and oxygen atoms in total. The number of carbonyl (C=O) groups excluding carboxylic acids is 2. The van der Waals surface area contributed by atoms with E-state index < -0.39 is 11.9 Å². The number of esters is 1. The van der Waals surface area contributed by atoms with E-state index in [0.717, 1.165) is 0 Å². The van der Waals surface area contributed by atoms with Crippen LogP contribution in [-0.2, 0) is 14.3 Å². The van der Waals surface area contributed by atoms with E-state index in [9.17, 15) is 9.59 Å². The summed E-state index contributed by atoms with van der Waals surface area (Å²) in [4.78, 5) is 22.3. The molecule has 1 aliphatic rings. The van der Waals surface area contributed by atoms with Gasteiger partial charge in [-0.3, -0.25) is 9.59 Å². The molecule has 1 N–H and O–H groups in total. The van der Waals surface area contributed by atoms with Crippen molar-refractivity contribution >= 4 is 11.8 Å². The lowest BCUT2D eigenvalue weighted by atomic mass is 9.94. The van der Waals surface area contributed by atoms with Gasteiger partial charge in [-0.05, 0) is 6.92 Å². The third-order valence-electron chi connectivity index (χ3n) is 2.05. The zero-order chi connectivity index (χ0) is 9.14. The fourth-order valence-electron chi connectivity index (χ4n) is 1.31. The lowest BCUT2D eigenvalue weighted by Crippen LogP contribution is -2.46. The Morgan fingerprint density at radius 3 is 2.83 bits per heavy atom. The maximum Gasteiger partial charge on any atom is 0.317 e. The Balaban J connectivity index is 2.56. The molecule has 0 aromatic rings. The van der Waals surface area contributed by atoms with Gasteiger partial charge in [0.1, 0.15) is 11.7 Å². The van der Waals surface area contributed by atoms with E-state index in [2.05, 4.69) is 10.1 Å². The average molecular weight is 171 g/mol. The number of carbonyl (C=O) groups is 2. The largest absolute Gasteiger partial charge is 0.468 e. The van der Waals surface area contributed by atoms with Gasteiger partial charge in [-0.15, -0.1) is 0 Å². The molecule has 1 fully saturated rings. The van der Waals surface area contributed by atoms with Gasteiger partial charge in [0.15, 0.2) is 0 Å². The van der Waals surface area contributed by atoms with Gasteiger partial charge >= 0.3 is 5.97 Å². The zero-order valence-electron chi connectivity index (χ0n) is 7.29. The first-order valence-corrected chi connectivity index (χ1v) is 3.99. The van der Waals surface area contributed by atoms with Gasteiger partial charge in [0.05, 0.1) is 7.11 Å². The second-order valence-electron chi connectivity index (χ2n) is 3.06. The normalized spacial score (nSPS) is 30.0. The van der Waals surface area contributed by atoms with Crippen molar-refractivity contribution in [3.05, 3.63) is 0 Å². The third-order valence-corrected chi connectivity index (χ3v) is 2.05. The Morgan fingerprint density at radius 2 is 2.33 bits per heavy atom. The summed E-state index contributed by atoms with van der Waals surface area (Å²) in [6.45, 7) is 2.33. The fourth-order valence-corrected chi connectivity index (χ4v) is 1.31. The first-order valence-electron chi connectivity index (χ1n) is 3.99. The average Bonchev–Trinajstić information content (AvgIpc) is 2.03. The molecule has 1 aliphatic heterocycles. The number of ether oxygens (including phenoxy) is 1. The predicted molar refractivity (Wildman–Crippen MR) is 42.6 cm³/mol. The third kappa shape index (κ3) is 1.82. The van der Waals surface area contributed by atoms with Crippen LogP contribution in [0.1, 0.15) is 13.3 Å². The zero-order valence-corrected chi connectivity index (χ0v) is 7.29. The van der Waals surface area contributed by atoms with E-state index in [4.69, 9.17) is 0 Å². The summed E-state index contributed by atoms with van der Waals surface area (Å²) >= 11 is 0. The molecule has 0 aromatic heterocycles. The predicted octanol–water partition coefficient (Wildman–Crippen LogP) is -0.274. The molecule has 0 amide bonds. The van der Waals surface area contributed by atoms with Crippen LogP contribution in [-0.4, -0.2) is 31.4 Å². The maximum atomic E-state index is 11.3. The molecule has 2 unspecified atom stereocenters. The van der Waals surface area contributed by atoms with Crippen LogP contribution < -0.4 is 5.32 Å². The molecular formula is C8H13NO3. The van der Waals surface area contributed by atoms with Crippen LogP contribution in [0.15, 0.2) is 0 Å². The number of nitrogens with one attached hydrogen (secondary N) is 1. The minimum absolute atomic E-state index is 0.0203. The highest BCUT2D eigenvalue weighted by molar-refractivity contribution is 6.00. The number of ketones is 1. The number of Topliss-reactive ketones (excluding diaryl/α,β-unsaturated/α-hetero) is 1. The second-order valence-corrected chi connectivity index (χ2v) is 3.06. The molecule has 68 valence electrons. The Morgan fingerprint density at radius 1 is 1.67 bits per heavy atom. The van der Waals surface area contributed by atoms with E-state index in [1.54, 1.807) is 0 Å². The Kier molecular flexibility index (Phi) is 2.81. The number of methoxy groups -OCH3 is 1. The van der Waals surface area contributed by atoms with Gasteiger partial charge in [0.25, 0.3) is 0 Å². The van der Waals surface area contributed by atoms with Crippen molar-refractivity contribution in [3.8, 4) is 0 Å². The lowest BCUT2D eigenvalue weighted by molar-refractivity contribution is -0.150. The molecule has 0 aliphatic carbocycles. The van der Waals surface area contributed by atoms with E-state index in [1.165, 1.54) is 7.11 Å². The topological polar surface area (TPSA) is 55.4 Å². The van der Waals surface area contributed by atoms with Crippen LogP contribution in [0.25, 0.3) is 0 Å². The molecule has 0 spiro atoms. The molecule has 0 bridgehead atoms. The Hall–Kier alpha value is -0.900. The van der Waals surface area contributed by atoms with Crippen LogP contribution >= 0.6 is 0 Å². The molecule has 0 saturated carbocycles. The maximum absolute atomic E-state index is 11.3. The van der Waals surface area contributed by atoms with Gasteiger partial charge in [0.2, 0.25) is 0 Å². The van der Waals surface area contributed by atoms with Gasteiger partial charge < -0.3 is 10.1 Å². The highest BCUT2D eigenvalue weighted by Gasteiger charge is 2.32. The van der Waals surface area contributed by atoms with Crippen molar-refractivity contribution in [2.75, 3.05) is 13.7 Å². The van der Waals surface area contributed by atoms with Crippen LogP contribution in [0.3, 0.4) is 0 Å². The van der Waals surface area contributed by atoms with E-state index in [-0.39, 0.29) is 11.8 Å². The molecule has 1 rings (SSSR count). The summed E-state index contributed by atoms with van der Waals surface area (Å²) in [7, 11) is 1.30. The van der Waals surface area contributed by atoms with Crippen molar-refractivity contribution in [3.63, 3.8) is 0 Å². The number of hydrogen-bond acceptors (Lipinski definition) is 4. The summed E-state index contributed by atoms with van der Waals surface area (Å²) < 4.78 is 4.50. The van der Waals surface area contributed by atoms with Crippen molar-refractivity contribution < 1.29 is 14.3 Å². The Labute approximate surface area is 71.3 Å². The minimum atomic E-state index is -0.591. The smallest absolute Gasteiger partial charge is 0.317 e. The molecule has 4 heteroatoms. The lowest BCUT2D eigenvalue weighted by Gasteiger charge is -2.24. The van der Waals surface area contributed by atoms with Crippen molar-refractivity contribution in [1.82, 2.24) is 5.32 Å². The van der Waals surface area contributed by atoms with Gasteiger partial charge in [0, 0.05) is 19.0 Å². The van der Waals surface area contributed by atoms with Crippen molar-refractivity contribution in [2.45, 2.75) is 19.4 Å². The molecule has 1 heterocycles. The molecule has 0 aromatic carbocycles. The summed E-state index contributed by atoms with van der Waals surface area (Å²) in [5.41, 5.74) is 0. The second kappa shape index (κ2) is 3.67. The van der Waals surface area contributed by atoms with Crippen molar-refractivity contribution in [1.29, 1.82) is 0 Å². The molecular weight excluding hydrogens is 158 g/mol. The van der Waals surface area contributed by atoms with Crippen LogP contribution in [0, 0.1) is 5.92 Å². The molecule has 2 atom stereocenters. The van der Waals surface area contributed by atoms with E-state index in [0.29, 0.717) is 13.0 Å². The van der Waals surface area contributed by atoms with E-state index >= 15 is 0 Å². The molecule has 1 saturated heterocycles. The standard InChI is InChI=1S/C8H13NO3/c1-5-3-7(10)6(4-9-5)8(11)12-2/h5-6,9H,3-4H2,1-2H3. The van der Waals surface area contributed by atoms with Crippen LogP contribution in [0.4, 0.5) is 0 Å². The summed E-state index contributed by atoms with van der Waals surface area (Å²) in [5.74, 6) is -1.04. The number of hydrogen-bond donors (Lipinski definition) is 1. The fraction of sp³-hybridized carbons (Fsp3) is 0.750.